The van der Waals surface area contributed by atoms with Gasteiger partial charge in [0.1, 0.15) is 0 Å². The van der Waals surface area contributed by atoms with Gasteiger partial charge in [0.15, 0.2) is 5.82 Å². The van der Waals surface area contributed by atoms with E-state index in [0.717, 1.165) is 25.8 Å². The summed E-state index contributed by atoms with van der Waals surface area (Å²) < 4.78 is 1.59. The Labute approximate surface area is 146 Å². The highest BCUT2D eigenvalue weighted by Crippen LogP contribution is 2.15. The van der Waals surface area contributed by atoms with Crippen LogP contribution >= 0.6 is 0 Å². The normalized spacial score (nSPS) is 14.9. The quantitative estimate of drug-likeness (QED) is 0.866. The molecule has 25 heavy (non-hydrogen) atoms. The van der Waals surface area contributed by atoms with Crippen LogP contribution in [0, 0.1) is 0 Å². The number of hydrogen-bond acceptors (Lipinski definition) is 4. The van der Waals surface area contributed by atoms with Crippen molar-refractivity contribution in [3.8, 4) is 5.82 Å². The van der Waals surface area contributed by atoms with Crippen molar-refractivity contribution in [3.05, 3.63) is 36.8 Å². The lowest BCUT2D eigenvalue weighted by Gasteiger charge is -2.20. The molecule has 1 saturated heterocycles. The summed E-state index contributed by atoms with van der Waals surface area (Å²) in [6.07, 6.45) is 8.74. The number of urea groups is 1. The number of pyridine rings is 1. The first-order valence-corrected chi connectivity index (χ1v) is 8.52. The van der Waals surface area contributed by atoms with Gasteiger partial charge in [-0.2, -0.15) is 5.10 Å². The fourth-order valence-electron chi connectivity index (χ4n) is 2.82. The zero-order chi connectivity index (χ0) is 17.5. The second kappa shape index (κ2) is 8.27. The van der Waals surface area contributed by atoms with Crippen molar-refractivity contribution >= 4 is 17.6 Å². The van der Waals surface area contributed by atoms with Crippen molar-refractivity contribution < 1.29 is 9.59 Å². The number of hydrogen-bond donors (Lipinski definition) is 2. The summed E-state index contributed by atoms with van der Waals surface area (Å²) in [5, 5.41) is 9.71. The van der Waals surface area contributed by atoms with Gasteiger partial charge < -0.3 is 15.5 Å². The fraction of sp³-hybridized carbons (Fsp3) is 0.412. The van der Waals surface area contributed by atoms with Crippen LogP contribution in [0.15, 0.2) is 36.8 Å². The zero-order valence-corrected chi connectivity index (χ0v) is 14.0. The summed E-state index contributed by atoms with van der Waals surface area (Å²) in [6.45, 7) is 1.72. The van der Waals surface area contributed by atoms with Gasteiger partial charge in [0.05, 0.1) is 5.69 Å². The largest absolute Gasteiger partial charge is 0.341 e. The molecule has 2 N–H and O–H groups in total. The minimum absolute atomic E-state index is 0.174. The fourth-order valence-corrected chi connectivity index (χ4v) is 2.82. The maximum Gasteiger partial charge on any atom is 0.319 e. The molecule has 0 spiro atoms. The van der Waals surface area contributed by atoms with E-state index in [-0.39, 0.29) is 11.9 Å². The molecule has 1 aliphatic rings. The summed E-state index contributed by atoms with van der Waals surface area (Å²) in [5.74, 6) is 0.721. The van der Waals surface area contributed by atoms with Gasteiger partial charge in [-0.25, -0.2) is 14.5 Å². The van der Waals surface area contributed by atoms with Crippen LogP contribution in [0.3, 0.4) is 0 Å². The highest BCUT2D eigenvalue weighted by atomic mass is 16.2. The van der Waals surface area contributed by atoms with Gasteiger partial charge in [0.25, 0.3) is 0 Å². The van der Waals surface area contributed by atoms with Crippen LogP contribution in [0.1, 0.15) is 25.7 Å². The van der Waals surface area contributed by atoms with E-state index in [0.29, 0.717) is 31.0 Å². The molecular weight excluding hydrogens is 320 g/mol. The third-order valence-corrected chi connectivity index (χ3v) is 4.09. The molecule has 0 bridgehead atoms. The van der Waals surface area contributed by atoms with E-state index in [1.807, 2.05) is 4.90 Å². The average Bonchev–Trinajstić information content (AvgIpc) is 3.07. The van der Waals surface area contributed by atoms with E-state index in [9.17, 15) is 9.59 Å². The Morgan fingerprint density at radius 3 is 2.96 bits per heavy atom. The van der Waals surface area contributed by atoms with Crippen molar-refractivity contribution in [2.24, 2.45) is 0 Å². The topological polar surface area (TPSA) is 92.2 Å². The lowest BCUT2D eigenvalue weighted by Crippen LogP contribution is -2.39. The number of anilines is 1. The SMILES string of the molecule is O=C(NCCN1CCCCCC1=O)Nc1cccnc1-n1cccn1. The second-order valence-electron chi connectivity index (χ2n) is 5.90. The first kappa shape index (κ1) is 16.9. The van der Waals surface area contributed by atoms with Crippen LogP contribution in [0.4, 0.5) is 10.5 Å². The van der Waals surface area contributed by atoms with Crippen LogP contribution in [0.2, 0.25) is 0 Å². The highest BCUT2D eigenvalue weighted by Gasteiger charge is 2.16. The van der Waals surface area contributed by atoms with Gasteiger partial charge in [0, 0.05) is 44.6 Å². The summed E-state index contributed by atoms with van der Waals surface area (Å²) in [5.41, 5.74) is 0.564. The molecule has 0 aliphatic carbocycles. The van der Waals surface area contributed by atoms with E-state index >= 15 is 0 Å². The van der Waals surface area contributed by atoms with E-state index in [4.69, 9.17) is 0 Å². The summed E-state index contributed by atoms with van der Waals surface area (Å²) >= 11 is 0. The Hall–Kier alpha value is -2.90. The molecule has 8 heteroatoms. The number of aromatic nitrogens is 3. The van der Waals surface area contributed by atoms with Crippen molar-refractivity contribution in [3.63, 3.8) is 0 Å². The Bertz CT molecular complexity index is 716. The lowest BCUT2D eigenvalue weighted by atomic mass is 10.2. The van der Waals surface area contributed by atoms with Crippen LogP contribution in [-0.2, 0) is 4.79 Å². The Balaban J connectivity index is 1.52. The molecule has 3 amide bonds. The molecular formula is C17H22N6O2. The first-order chi connectivity index (χ1) is 12.2. The van der Waals surface area contributed by atoms with Gasteiger partial charge in [0.2, 0.25) is 5.91 Å². The van der Waals surface area contributed by atoms with Gasteiger partial charge in [-0.15, -0.1) is 0 Å². The molecule has 8 nitrogen and oxygen atoms in total. The maximum absolute atomic E-state index is 12.1. The van der Waals surface area contributed by atoms with Gasteiger partial charge >= 0.3 is 6.03 Å². The maximum atomic E-state index is 12.1. The van der Waals surface area contributed by atoms with Crippen molar-refractivity contribution in [2.75, 3.05) is 25.0 Å². The number of amides is 3. The second-order valence-corrected chi connectivity index (χ2v) is 5.90. The molecule has 0 saturated carbocycles. The first-order valence-electron chi connectivity index (χ1n) is 8.52. The molecule has 2 aromatic heterocycles. The molecule has 3 rings (SSSR count). The summed E-state index contributed by atoms with van der Waals surface area (Å²) in [7, 11) is 0. The monoisotopic (exact) mass is 342 g/mol. The van der Waals surface area contributed by atoms with E-state index < -0.39 is 0 Å². The molecule has 132 valence electrons. The van der Waals surface area contributed by atoms with Crippen molar-refractivity contribution in [2.45, 2.75) is 25.7 Å². The average molecular weight is 342 g/mol. The molecule has 0 radical (unpaired) electrons. The van der Waals surface area contributed by atoms with Crippen LogP contribution in [-0.4, -0.2) is 51.2 Å². The predicted molar refractivity (Wildman–Crippen MR) is 93.4 cm³/mol. The Morgan fingerprint density at radius 1 is 1.20 bits per heavy atom. The van der Waals surface area contributed by atoms with Crippen LogP contribution in [0.5, 0.6) is 0 Å². The number of nitrogens with zero attached hydrogens (tertiary/aromatic N) is 4. The number of rotatable bonds is 5. The number of nitrogens with one attached hydrogen (secondary N) is 2. The predicted octanol–water partition coefficient (Wildman–Crippen LogP) is 1.79. The van der Waals surface area contributed by atoms with E-state index in [1.54, 1.807) is 41.5 Å². The van der Waals surface area contributed by atoms with Gasteiger partial charge in [-0.05, 0) is 31.0 Å². The van der Waals surface area contributed by atoms with E-state index in [1.165, 1.54) is 0 Å². The number of likely N-dealkylation sites (tertiary alicyclic amines) is 1. The minimum atomic E-state index is -0.330. The van der Waals surface area contributed by atoms with Gasteiger partial charge in [-0.3, -0.25) is 4.79 Å². The molecule has 2 aromatic rings. The lowest BCUT2D eigenvalue weighted by molar-refractivity contribution is -0.130. The molecule has 1 fully saturated rings. The van der Waals surface area contributed by atoms with Crippen molar-refractivity contribution in [1.82, 2.24) is 25.0 Å². The summed E-state index contributed by atoms with van der Waals surface area (Å²) in [4.78, 5) is 30.2. The molecule has 0 atom stereocenters. The number of carbonyl (C=O) groups is 2. The smallest absolute Gasteiger partial charge is 0.319 e. The molecule has 1 aliphatic heterocycles. The van der Waals surface area contributed by atoms with E-state index in [2.05, 4.69) is 20.7 Å². The van der Waals surface area contributed by atoms with Crippen LogP contribution < -0.4 is 10.6 Å². The Kier molecular flexibility index (Phi) is 5.61. The summed E-state index contributed by atoms with van der Waals surface area (Å²) in [6, 6.07) is 4.97. The van der Waals surface area contributed by atoms with Crippen molar-refractivity contribution in [1.29, 1.82) is 0 Å². The number of carbonyl (C=O) groups excluding carboxylic acids is 2. The Morgan fingerprint density at radius 2 is 2.12 bits per heavy atom. The molecule has 0 unspecified atom stereocenters. The highest BCUT2D eigenvalue weighted by molar-refractivity contribution is 5.91. The zero-order valence-electron chi connectivity index (χ0n) is 14.0. The van der Waals surface area contributed by atoms with Crippen LogP contribution in [0.25, 0.3) is 5.82 Å². The third-order valence-electron chi connectivity index (χ3n) is 4.09. The third kappa shape index (κ3) is 4.56. The molecule has 3 heterocycles. The minimum Gasteiger partial charge on any atom is -0.341 e. The van der Waals surface area contributed by atoms with Gasteiger partial charge in [-0.1, -0.05) is 6.42 Å². The standard InChI is InChI=1S/C17H22N6O2/c24-15-7-2-1-3-11-22(15)13-10-19-17(25)21-14-6-4-8-18-16(14)23-12-5-9-20-23/h4-6,8-9,12H,1-3,7,10-11,13H2,(H2,19,21,25). The molecule has 0 aromatic carbocycles.